The molecule has 18 heavy (non-hydrogen) atoms. The number of nitro groups is 2. The minimum absolute atomic E-state index is 0.0570. The van der Waals surface area contributed by atoms with Crippen LogP contribution in [0.1, 0.15) is 0 Å². The molecule has 2 aromatic rings. The average molecular weight is 258 g/mol. The molecule has 0 fully saturated rings. The Bertz CT molecular complexity index is 586. The summed E-state index contributed by atoms with van der Waals surface area (Å²) in [5.41, 5.74) is 0. The predicted octanol–water partition coefficient (Wildman–Crippen LogP) is -1.17. The molecule has 2 rings (SSSR count). The van der Waals surface area contributed by atoms with Gasteiger partial charge >= 0.3 is 23.5 Å². The Labute approximate surface area is 94.9 Å². The van der Waals surface area contributed by atoms with Crippen LogP contribution in [0.15, 0.2) is 0 Å². The van der Waals surface area contributed by atoms with Crippen LogP contribution in [-0.4, -0.2) is 50.1 Å². The number of aromatic nitrogens is 6. The van der Waals surface area contributed by atoms with E-state index in [4.69, 9.17) is 0 Å². The Hall–Kier alpha value is -3.32. The van der Waals surface area contributed by atoms with Crippen molar-refractivity contribution < 1.29 is 20.3 Å². The first-order valence-corrected chi connectivity index (χ1v) is 4.02. The number of hydrogen-bond acceptors (Lipinski definition) is 10. The van der Waals surface area contributed by atoms with Crippen molar-refractivity contribution in [3.63, 3.8) is 0 Å². The number of nitrogens with zero attached hydrogens (tertiary/aromatic N) is 8. The summed E-state index contributed by atoms with van der Waals surface area (Å²) in [6.45, 7) is 0. The summed E-state index contributed by atoms with van der Waals surface area (Å²) in [7, 11) is 0. The Morgan fingerprint density at radius 2 is 1.22 bits per heavy atom. The molecular weight excluding hydrogens is 256 g/mol. The minimum atomic E-state index is -1.01. The summed E-state index contributed by atoms with van der Waals surface area (Å²) in [6, 6.07) is 0. The molecule has 0 radical (unpaired) electrons. The molecule has 0 aliphatic carbocycles. The van der Waals surface area contributed by atoms with E-state index in [0.29, 0.717) is 0 Å². The van der Waals surface area contributed by atoms with E-state index >= 15 is 0 Å². The fourth-order valence-electron chi connectivity index (χ4n) is 1.02. The van der Waals surface area contributed by atoms with Gasteiger partial charge in [0.05, 0.1) is 10.2 Å². The van der Waals surface area contributed by atoms with Gasteiger partial charge in [-0.05, 0) is 19.8 Å². The molecule has 0 unspecified atom stereocenters. The smallest absolute Gasteiger partial charge is 0.398 e. The van der Waals surface area contributed by atoms with Crippen molar-refractivity contribution >= 4 is 11.9 Å². The second kappa shape index (κ2) is 3.61. The first kappa shape index (κ1) is 11.2. The summed E-state index contributed by atoms with van der Waals surface area (Å²) in [5, 5.41) is 45.0. The van der Waals surface area contributed by atoms with Crippen molar-refractivity contribution in [2.24, 2.45) is 0 Å². The Balaban J connectivity index is 2.54. The van der Waals surface area contributed by atoms with E-state index < -0.39 is 33.4 Å². The molecule has 14 nitrogen and oxygen atoms in total. The SMILES string of the molecule is O=[N+]([O-])c1nc(-c2nc([N+](=O)[O-])nn2O)n(O)n1. The van der Waals surface area contributed by atoms with Crippen molar-refractivity contribution in [3.05, 3.63) is 20.2 Å². The Morgan fingerprint density at radius 3 is 1.44 bits per heavy atom. The van der Waals surface area contributed by atoms with Crippen LogP contribution in [0, 0.1) is 20.2 Å². The third-order valence-corrected chi connectivity index (χ3v) is 1.69. The fourth-order valence-corrected chi connectivity index (χ4v) is 1.02. The van der Waals surface area contributed by atoms with E-state index in [-0.39, 0.29) is 9.69 Å². The van der Waals surface area contributed by atoms with Gasteiger partial charge in [-0.1, -0.05) is 0 Å². The highest BCUT2D eigenvalue weighted by atomic mass is 16.6. The molecule has 0 spiro atoms. The van der Waals surface area contributed by atoms with Gasteiger partial charge in [-0.15, -0.1) is 0 Å². The summed E-state index contributed by atoms with van der Waals surface area (Å²) in [6.07, 6.45) is 0. The van der Waals surface area contributed by atoms with E-state index in [1.54, 1.807) is 0 Å². The molecule has 0 aliphatic rings. The van der Waals surface area contributed by atoms with E-state index in [0.717, 1.165) is 0 Å². The lowest BCUT2D eigenvalue weighted by atomic mass is 10.6. The normalized spacial score (nSPS) is 10.4. The van der Waals surface area contributed by atoms with Gasteiger partial charge in [0.2, 0.25) is 0 Å². The van der Waals surface area contributed by atoms with Crippen molar-refractivity contribution in [2.45, 2.75) is 0 Å². The van der Waals surface area contributed by atoms with E-state index in [1.807, 2.05) is 0 Å². The highest BCUT2D eigenvalue weighted by Gasteiger charge is 2.33. The van der Waals surface area contributed by atoms with Crippen molar-refractivity contribution in [3.8, 4) is 11.6 Å². The van der Waals surface area contributed by atoms with E-state index in [2.05, 4.69) is 20.2 Å². The lowest BCUT2D eigenvalue weighted by molar-refractivity contribution is -0.395. The molecule has 2 aromatic heterocycles. The molecule has 0 aromatic carbocycles. The minimum Gasteiger partial charge on any atom is -0.398 e. The zero-order valence-corrected chi connectivity index (χ0v) is 8.11. The van der Waals surface area contributed by atoms with Crippen LogP contribution in [0.5, 0.6) is 0 Å². The lowest BCUT2D eigenvalue weighted by Crippen LogP contribution is -2.03. The van der Waals surface area contributed by atoms with Gasteiger partial charge in [0.1, 0.15) is 0 Å². The van der Waals surface area contributed by atoms with Crippen LogP contribution >= 0.6 is 0 Å². The molecule has 0 saturated carbocycles. The molecule has 0 aliphatic heterocycles. The summed E-state index contributed by atoms with van der Waals surface area (Å²) < 4.78 is 0. The first-order chi connectivity index (χ1) is 8.40. The molecule has 2 heterocycles. The summed E-state index contributed by atoms with van der Waals surface area (Å²) in [5.74, 6) is -3.30. The molecule has 0 atom stereocenters. The summed E-state index contributed by atoms with van der Waals surface area (Å²) >= 11 is 0. The zero-order valence-electron chi connectivity index (χ0n) is 8.11. The predicted molar refractivity (Wildman–Crippen MR) is 46.7 cm³/mol. The highest BCUT2D eigenvalue weighted by molar-refractivity contribution is 5.45. The second-order valence-electron chi connectivity index (χ2n) is 2.76. The monoisotopic (exact) mass is 258 g/mol. The third-order valence-electron chi connectivity index (χ3n) is 1.69. The maximum absolute atomic E-state index is 10.3. The first-order valence-electron chi connectivity index (χ1n) is 4.02. The van der Waals surface area contributed by atoms with Gasteiger partial charge in [0, 0.05) is 9.69 Å². The van der Waals surface area contributed by atoms with Gasteiger partial charge < -0.3 is 30.6 Å². The van der Waals surface area contributed by atoms with Crippen LogP contribution in [0.3, 0.4) is 0 Å². The fraction of sp³-hybridized carbons (Fsp3) is 0. The number of hydrogen-bond donors (Lipinski definition) is 2. The topological polar surface area (TPSA) is 188 Å². The van der Waals surface area contributed by atoms with Crippen LogP contribution in [0.4, 0.5) is 11.9 Å². The Morgan fingerprint density at radius 1 is 0.889 bits per heavy atom. The maximum atomic E-state index is 10.3. The van der Waals surface area contributed by atoms with Crippen molar-refractivity contribution in [2.75, 3.05) is 0 Å². The van der Waals surface area contributed by atoms with Gasteiger partial charge in [0.15, 0.2) is 0 Å². The van der Waals surface area contributed by atoms with Crippen molar-refractivity contribution in [1.29, 1.82) is 0 Å². The molecule has 0 amide bonds. The zero-order chi connectivity index (χ0) is 13.4. The lowest BCUT2D eigenvalue weighted by Gasteiger charge is -1.84. The van der Waals surface area contributed by atoms with Crippen LogP contribution in [0.25, 0.3) is 11.6 Å². The molecule has 14 heteroatoms. The summed E-state index contributed by atoms with van der Waals surface area (Å²) in [4.78, 5) is 25.0. The van der Waals surface area contributed by atoms with Crippen LogP contribution < -0.4 is 0 Å². The molecule has 0 saturated heterocycles. The van der Waals surface area contributed by atoms with Gasteiger partial charge in [-0.3, -0.25) is 0 Å². The van der Waals surface area contributed by atoms with Gasteiger partial charge in [-0.2, -0.15) is 0 Å². The van der Waals surface area contributed by atoms with Crippen LogP contribution in [-0.2, 0) is 0 Å². The second-order valence-corrected chi connectivity index (χ2v) is 2.76. The van der Waals surface area contributed by atoms with Crippen molar-refractivity contribution in [1.82, 2.24) is 29.9 Å². The van der Waals surface area contributed by atoms with Crippen LogP contribution in [0.2, 0.25) is 0 Å². The maximum Gasteiger partial charge on any atom is 0.494 e. The quantitative estimate of drug-likeness (QED) is 0.385. The van der Waals surface area contributed by atoms with Gasteiger partial charge in [-0.25, -0.2) is 0 Å². The van der Waals surface area contributed by atoms with E-state index in [9.17, 15) is 30.6 Å². The molecule has 2 N–H and O–H groups in total. The Kier molecular flexibility index (Phi) is 2.24. The average Bonchev–Trinajstić information content (AvgIpc) is 2.82. The number of rotatable bonds is 3. The van der Waals surface area contributed by atoms with Gasteiger partial charge in [0.25, 0.3) is 0 Å². The highest BCUT2D eigenvalue weighted by Crippen LogP contribution is 2.18. The molecular formula is C4H2N8O6. The molecule has 94 valence electrons. The van der Waals surface area contributed by atoms with E-state index in [1.165, 1.54) is 0 Å². The molecule has 0 bridgehead atoms. The largest absolute Gasteiger partial charge is 0.494 e. The third kappa shape index (κ3) is 1.62. The standard InChI is InChI=1S/C4H2N8O6/c13-9-1(5-3(7-9)11(15)16)2-6-4(12(17)18)8-10(2)14/h13-14H.